The number of amides is 2. The molecule has 2 aromatic rings. The number of oxime groups is 1. The fourth-order valence-corrected chi connectivity index (χ4v) is 3.49. The molecule has 0 aliphatic carbocycles. The summed E-state index contributed by atoms with van der Waals surface area (Å²) in [6.45, 7) is 1.87. The third kappa shape index (κ3) is 7.93. The highest BCUT2D eigenvalue weighted by molar-refractivity contribution is 14.1. The van der Waals surface area contributed by atoms with Gasteiger partial charge in [0, 0.05) is 16.7 Å². The molecular weight excluding hydrogens is 543 g/mol. The number of amidine groups is 1. The lowest BCUT2D eigenvalue weighted by Gasteiger charge is -2.10. The number of rotatable bonds is 9. The van der Waals surface area contributed by atoms with Crippen molar-refractivity contribution in [3.05, 3.63) is 71.0 Å². The van der Waals surface area contributed by atoms with Gasteiger partial charge in [0.15, 0.2) is 12.2 Å². The summed E-state index contributed by atoms with van der Waals surface area (Å²) >= 11 is 1.86. The minimum Gasteiger partial charge on any atom is -0.439 e. The molecule has 0 bridgehead atoms. The van der Waals surface area contributed by atoms with Crippen molar-refractivity contribution >= 4 is 48.5 Å². The van der Waals surface area contributed by atoms with Gasteiger partial charge >= 0.3 is 6.09 Å². The molecule has 0 aliphatic rings. The molecule has 0 spiro atoms. The number of nitrogens with two attached hydrogens (primary N) is 1. The van der Waals surface area contributed by atoms with Gasteiger partial charge < -0.3 is 19.8 Å². The Balaban J connectivity index is 1.99. The van der Waals surface area contributed by atoms with Crippen molar-refractivity contribution in [1.82, 2.24) is 5.32 Å². The highest BCUT2D eigenvalue weighted by Gasteiger charge is 2.15. The number of carbonyl (C=O) groups excluding carboxylic acids is 2. The molecule has 0 radical (unpaired) electrons. The van der Waals surface area contributed by atoms with E-state index < -0.39 is 36.3 Å². The second-order valence-electron chi connectivity index (χ2n) is 5.84. The summed E-state index contributed by atoms with van der Waals surface area (Å²) in [4.78, 5) is 29.1. The Hall–Kier alpha value is -2.50. The quantitative estimate of drug-likeness (QED) is 0.118. The molecule has 0 heterocycles. The van der Waals surface area contributed by atoms with Crippen LogP contribution in [0.1, 0.15) is 32.5 Å². The van der Waals surface area contributed by atoms with Crippen LogP contribution in [-0.2, 0) is 18.7 Å². The third-order valence-corrected chi connectivity index (χ3v) is 5.54. The normalized spacial score (nSPS) is 13.2. The van der Waals surface area contributed by atoms with Gasteiger partial charge in [-0.05, 0) is 47.7 Å². The first-order chi connectivity index (χ1) is 14.8. The zero-order valence-electron chi connectivity index (χ0n) is 16.3. The zero-order valence-corrected chi connectivity index (χ0v) is 19.5. The van der Waals surface area contributed by atoms with Gasteiger partial charge in [-0.1, -0.05) is 35.5 Å². The van der Waals surface area contributed by atoms with Crippen molar-refractivity contribution in [2.75, 3.05) is 13.0 Å². The smallest absolute Gasteiger partial charge is 0.414 e. The maximum atomic E-state index is 13.8. The zero-order chi connectivity index (χ0) is 22.8. The average Bonchev–Trinajstić information content (AvgIpc) is 2.76. The van der Waals surface area contributed by atoms with Gasteiger partial charge in [-0.15, -0.1) is 0 Å². The lowest BCUT2D eigenvalue weighted by Crippen LogP contribution is -2.31. The lowest BCUT2D eigenvalue weighted by molar-refractivity contribution is 0.0930. The van der Waals surface area contributed by atoms with Crippen molar-refractivity contribution in [3.63, 3.8) is 0 Å². The molecule has 2 atom stereocenters. The summed E-state index contributed by atoms with van der Waals surface area (Å²) in [5.74, 6) is -1.24. The van der Waals surface area contributed by atoms with E-state index in [0.717, 1.165) is 0 Å². The predicted octanol–water partition coefficient (Wildman–Crippen LogP) is 3.93. The molecule has 0 saturated heterocycles. The first kappa shape index (κ1) is 24.8. The molecule has 3 N–H and O–H groups in total. The molecule has 12 heteroatoms. The number of nitrogens with one attached hydrogen (secondary N) is 1. The Morgan fingerprint density at radius 2 is 1.94 bits per heavy atom. The molecule has 9 nitrogen and oxygen atoms in total. The van der Waals surface area contributed by atoms with Crippen LogP contribution in [0.25, 0.3) is 0 Å². The Bertz CT molecular complexity index is 991. The number of carbonyl (C=O) groups is 2. The predicted molar refractivity (Wildman–Crippen MR) is 121 cm³/mol. The summed E-state index contributed by atoms with van der Waals surface area (Å²) in [5, 5.41) is 5.80. The first-order valence-corrected chi connectivity index (χ1v) is 11.7. The van der Waals surface area contributed by atoms with E-state index in [9.17, 15) is 18.5 Å². The maximum absolute atomic E-state index is 13.8. The van der Waals surface area contributed by atoms with E-state index in [0.29, 0.717) is 11.1 Å². The van der Waals surface area contributed by atoms with Crippen LogP contribution in [-0.4, -0.2) is 30.8 Å². The van der Waals surface area contributed by atoms with Gasteiger partial charge in [-0.25, -0.2) is 9.18 Å². The number of nitrogens with zero attached hydrogens (tertiary/aromatic N) is 1. The van der Waals surface area contributed by atoms with Crippen molar-refractivity contribution in [1.29, 1.82) is 0 Å². The molecule has 31 heavy (non-hydrogen) atoms. The summed E-state index contributed by atoms with van der Waals surface area (Å²) in [6, 6.07) is 12.0. The van der Waals surface area contributed by atoms with E-state index in [1.807, 2.05) is 27.9 Å². The minimum absolute atomic E-state index is 0.0504. The van der Waals surface area contributed by atoms with Crippen LogP contribution in [0.5, 0.6) is 0 Å². The molecular formula is C19H20FIN3O6P. The standard InChI is InChI=1S/C19H20FIN3O6P/c1-2-29-31(27)11-28-19(26)23-18(25)13-7-5-6-12(10-13)17(22)24-30-16(21)14-8-3-4-9-15(14)20/h3-10,16,31H,2,11H2,1H3,(H2,22,24)(H,23,25,26). The number of alkyl halides is 1. The fourth-order valence-electron chi connectivity index (χ4n) is 2.22. The molecule has 2 amide bonds. The van der Waals surface area contributed by atoms with E-state index in [-0.39, 0.29) is 18.0 Å². The van der Waals surface area contributed by atoms with Crippen molar-refractivity contribution in [3.8, 4) is 0 Å². The van der Waals surface area contributed by atoms with E-state index in [2.05, 4.69) is 9.89 Å². The summed E-state index contributed by atoms with van der Waals surface area (Å²) in [7, 11) is -2.50. The molecule has 166 valence electrons. The van der Waals surface area contributed by atoms with Crippen LogP contribution < -0.4 is 11.1 Å². The van der Waals surface area contributed by atoms with Crippen LogP contribution in [0.15, 0.2) is 53.7 Å². The molecule has 2 unspecified atom stereocenters. The Labute approximate surface area is 192 Å². The SMILES string of the molecule is CCO[PH](=O)COC(=O)NC(=O)c1cccc(/C(N)=N/OC(I)c2ccccc2F)c1. The molecule has 0 fully saturated rings. The van der Waals surface area contributed by atoms with E-state index >= 15 is 0 Å². The van der Waals surface area contributed by atoms with Crippen LogP contribution in [0.3, 0.4) is 0 Å². The third-order valence-electron chi connectivity index (χ3n) is 3.66. The second kappa shape index (κ2) is 12.4. The molecule has 0 aromatic heterocycles. The molecule has 2 rings (SSSR count). The van der Waals surface area contributed by atoms with E-state index in [4.69, 9.17) is 15.1 Å². The van der Waals surface area contributed by atoms with Gasteiger partial charge in [0.2, 0.25) is 12.1 Å². The van der Waals surface area contributed by atoms with Gasteiger partial charge in [-0.2, -0.15) is 0 Å². The number of hydrogen-bond donors (Lipinski definition) is 2. The van der Waals surface area contributed by atoms with Gasteiger partial charge in [0.25, 0.3) is 5.91 Å². The Morgan fingerprint density at radius 3 is 2.65 bits per heavy atom. The van der Waals surface area contributed by atoms with Crippen LogP contribution in [0.4, 0.5) is 9.18 Å². The second-order valence-corrected chi connectivity index (χ2v) is 8.29. The largest absolute Gasteiger partial charge is 0.439 e. The Morgan fingerprint density at radius 1 is 1.23 bits per heavy atom. The van der Waals surface area contributed by atoms with Crippen molar-refractivity contribution < 1.29 is 32.6 Å². The lowest BCUT2D eigenvalue weighted by atomic mass is 10.1. The van der Waals surface area contributed by atoms with Crippen molar-refractivity contribution in [2.45, 2.75) is 11.0 Å². The monoisotopic (exact) mass is 563 g/mol. The van der Waals surface area contributed by atoms with Crippen LogP contribution in [0.2, 0.25) is 0 Å². The highest BCUT2D eigenvalue weighted by atomic mass is 127. The summed E-state index contributed by atoms with van der Waals surface area (Å²) in [6.07, 6.45) is -1.50. The van der Waals surface area contributed by atoms with E-state index in [1.165, 1.54) is 24.3 Å². The number of ether oxygens (including phenoxy) is 1. The minimum atomic E-state index is -2.50. The maximum Gasteiger partial charge on any atom is 0.414 e. The Kier molecular flexibility index (Phi) is 9.89. The number of hydrogen-bond acceptors (Lipinski definition) is 7. The van der Waals surface area contributed by atoms with Crippen LogP contribution in [0, 0.1) is 5.82 Å². The molecule has 0 aliphatic heterocycles. The highest BCUT2D eigenvalue weighted by Crippen LogP contribution is 2.27. The summed E-state index contributed by atoms with van der Waals surface area (Å²) in [5.41, 5.74) is 6.65. The molecule has 0 saturated carbocycles. The van der Waals surface area contributed by atoms with Crippen LogP contribution >= 0.6 is 30.6 Å². The fraction of sp³-hybridized carbons (Fsp3) is 0.211. The topological polar surface area (TPSA) is 129 Å². The first-order valence-electron chi connectivity index (χ1n) is 8.93. The van der Waals surface area contributed by atoms with Gasteiger partial charge in [0.1, 0.15) is 5.82 Å². The van der Waals surface area contributed by atoms with Gasteiger partial charge in [-0.3, -0.25) is 14.7 Å². The number of alkyl carbamates (subject to hydrolysis) is 1. The average molecular weight is 563 g/mol. The number of imide groups is 1. The number of halogens is 2. The van der Waals surface area contributed by atoms with E-state index in [1.54, 1.807) is 31.2 Å². The van der Waals surface area contributed by atoms with Gasteiger partial charge in [0.05, 0.1) is 6.61 Å². The summed E-state index contributed by atoms with van der Waals surface area (Å²) < 4.78 is 33.9. The number of benzene rings is 2. The van der Waals surface area contributed by atoms with Crippen molar-refractivity contribution in [2.24, 2.45) is 10.9 Å². The molecule has 2 aromatic carbocycles.